The Labute approximate surface area is 85.3 Å². The number of hydrogen-bond acceptors (Lipinski definition) is 3. The molecule has 0 heterocycles. The maximum Gasteiger partial charge on any atom is 0.0664 e. The SMILES string of the molecule is CCOCC(C)Nc1cccc(N)c1. The van der Waals surface area contributed by atoms with E-state index in [1.54, 1.807) is 0 Å². The average molecular weight is 194 g/mol. The van der Waals surface area contributed by atoms with Crippen LogP contribution in [0.15, 0.2) is 24.3 Å². The molecule has 0 aliphatic rings. The second kappa shape index (κ2) is 5.50. The molecule has 1 atom stereocenters. The van der Waals surface area contributed by atoms with E-state index < -0.39 is 0 Å². The number of nitrogens with one attached hydrogen (secondary N) is 1. The zero-order valence-electron chi connectivity index (χ0n) is 8.79. The minimum Gasteiger partial charge on any atom is -0.399 e. The molecule has 0 spiro atoms. The Morgan fingerprint density at radius 1 is 1.50 bits per heavy atom. The van der Waals surface area contributed by atoms with Crippen molar-refractivity contribution in [2.75, 3.05) is 24.3 Å². The summed E-state index contributed by atoms with van der Waals surface area (Å²) in [5.74, 6) is 0. The smallest absolute Gasteiger partial charge is 0.0664 e. The maximum absolute atomic E-state index is 5.66. The van der Waals surface area contributed by atoms with Gasteiger partial charge in [-0.05, 0) is 32.0 Å². The summed E-state index contributed by atoms with van der Waals surface area (Å²) in [4.78, 5) is 0. The van der Waals surface area contributed by atoms with Gasteiger partial charge in [-0.3, -0.25) is 0 Å². The molecule has 0 aliphatic carbocycles. The molecule has 1 aromatic rings. The molecule has 78 valence electrons. The Morgan fingerprint density at radius 2 is 2.29 bits per heavy atom. The molecule has 3 heteroatoms. The highest BCUT2D eigenvalue weighted by atomic mass is 16.5. The van der Waals surface area contributed by atoms with Crippen molar-refractivity contribution in [1.29, 1.82) is 0 Å². The van der Waals surface area contributed by atoms with E-state index >= 15 is 0 Å². The first-order chi connectivity index (χ1) is 6.72. The summed E-state index contributed by atoms with van der Waals surface area (Å²) in [5, 5.41) is 3.31. The van der Waals surface area contributed by atoms with E-state index in [0.29, 0.717) is 12.6 Å². The largest absolute Gasteiger partial charge is 0.399 e. The van der Waals surface area contributed by atoms with Gasteiger partial charge in [0.2, 0.25) is 0 Å². The van der Waals surface area contributed by atoms with Crippen molar-refractivity contribution >= 4 is 11.4 Å². The van der Waals surface area contributed by atoms with Crippen LogP contribution in [-0.4, -0.2) is 19.3 Å². The van der Waals surface area contributed by atoms with Crippen molar-refractivity contribution in [3.63, 3.8) is 0 Å². The zero-order valence-corrected chi connectivity index (χ0v) is 8.79. The monoisotopic (exact) mass is 194 g/mol. The number of nitrogens with two attached hydrogens (primary N) is 1. The highest BCUT2D eigenvalue weighted by Gasteiger charge is 2.01. The second-order valence-electron chi connectivity index (χ2n) is 3.33. The number of nitrogen functional groups attached to an aromatic ring is 1. The van der Waals surface area contributed by atoms with Gasteiger partial charge < -0.3 is 15.8 Å². The van der Waals surface area contributed by atoms with Crippen LogP contribution >= 0.6 is 0 Å². The van der Waals surface area contributed by atoms with Gasteiger partial charge in [-0.15, -0.1) is 0 Å². The van der Waals surface area contributed by atoms with Gasteiger partial charge >= 0.3 is 0 Å². The summed E-state index contributed by atoms with van der Waals surface area (Å²) in [6, 6.07) is 8.03. The third-order valence-electron chi connectivity index (χ3n) is 1.87. The molecule has 0 amide bonds. The molecule has 3 nitrogen and oxygen atoms in total. The second-order valence-corrected chi connectivity index (χ2v) is 3.33. The molecule has 3 N–H and O–H groups in total. The van der Waals surface area contributed by atoms with E-state index in [0.717, 1.165) is 18.0 Å². The van der Waals surface area contributed by atoms with Crippen molar-refractivity contribution in [3.8, 4) is 0 Å². The minimum atomic E-state index is 0.303. The summed E-state index contributed by atoms with van der Waals surface area (Å²) in [5.41, 5.74) is 7.48. The fourth-order valence-corrected chi connectivity index (χ4v) is 1.25. The van der Waals surface area contributed by atoms with Gasteiger partial charge in [-0.25, -0.2) is 0 Å². The van der Waals surface area contributed by atoms with Gasteiger partial charge in [0.25, 0.3) is 0 Å². The number of ether oxygens (including phenoxy) is 1. The molecule has 1 aromatic carbocycles. The van der Waals surface area contributed by atoms with E-state index in [2.05, 4.69) is 12.2 Å². The van der Waals surface area contributed by atoms with Crippen LogP contribution in [0.5, 0.6) is 0 Å². The molecule has 0 bridgehead atoms. The molecule has 0 fully saturated rings. The normalized spacial score (nSPS) is 12.4. The Bertz CT molecular complexity index is 276. The van der Waals surface area contributed by atoms with Crippen LogP contribution in [0.4, 0.5) is 11.4 Å². The number of hydrogen-bond donors (Lipinski definition) is 2. The fourth-order valence-electron chi connectivity index (χ4n) is 1.25. The topological polar surface area (TPSA) is 47.3 Å². The van der Waals surface area contributed by atoms with Gasteiger partial charge in [0.1, 0.15) is 0 Å². The average Bonchev–Trinajstić information content (AvgIpc) is 2.15. The van der Waals surface area contributed by atoms with E-state index in [1.807, 2.05) is 31.2 Å². The molecule has 14 heavy (non-hydrogen) atoms. The highest BCUT2D eigenvalue weighted by Crippen LogP contribution is 2.12. The Morgan fingerprint density at radius 3 is 2.93 bits per heavy atom. The number of rotatable bonds is 5. The predicted octanol–water partition coefficient (Wildman–Crippen LogP) is 2.11. The lowest BCUT2D eigenvalue weighted by Crippen LogP contribution is -2.21. The van der Waals surface area contributed by atoms with Crippen LogP contribution in [0.2, 0.25) is 0 Å². The van der Waals surface area contributed by atoms with Crippen molar-refractivity contribution in [2.24, 2.45) is 0 Å². The van der Waals surface area contributed by atoms with Crippen molar-refractivity contribution < 1.29 is 4.74 Å². The molecule has 0 aromatic heterocycles. The van der Waals surface area contributed by atoms with Crippen LogP contribution in [0.3, 0.4) is 0 Å². The first-order valence-electron chi connectivity index (χ1n) is 4.92. The van der Waals surface area contributed by atoms with E-state index in [-0.39, 0.29) is 0 Å². The fraction of sp³-hybridized carbons (Fsp3) is 0.455. The summed E-state index contributed by atoms with van der Waals surface area (Å²) in [7, 11) is 0. The van der Waals surface area contributed by atoms with Crippen molar-refractivity contribution in [1.82, 2.24) is 0 Å². The highest BCUT2D eigenvalue weighted by molar-refractivity contribution is 5.54. The Hall–Kier alpha value is -1.22. The lowest BCUT2D eigenvalue weighted by atomic mass is 10.2. The summed E-state index contributed by atoms with van der Waals surface area (Å²) in [6.45, 7) is 5.54. The van der Waals surface area contributed by atoms with Crippen LogP contribution in [-0.2, 0) is 4.74 Å². The van der Waals surface area contributed by atoms with Crippen molar-refractivity contribution in [3.05, 3.63) is 24.3 Å². The van der Waals surface area contributed by atoms with E-state index in [1.165, 1.54) is 0 Å². The van der Waals surface area contributed by atoms with Gasteiger partial charge in [-0.2, -0.15) is 0 Å². The van der Waals surface area contributed by atoms with Crippen LogP contribution in [0.25, 0.3) is 0 Å². The molecule has 0 aliphatic heterocycles. The Balaban J connectivity index is 2.43. The standard InChI is InChI=1S/C11H18N2O/c1-3-14-8-9(2)13-11-6-4-5-10(12)7-11/h4-7,9,13H,3,8,12H2,1-2H3. The van der Waals surface area contributed by atoms with Gasteiger partial charge in [0.05, 0.1) is 6.61 Å². The molecule has 0 saturated heterocycles. The maximum atomic E-state index is 5.66. The van der Waals surface area contributed by atoms with E-state index in [4.69, 9.17) is 10.5 Å². The first kappa shape index (κ1) is 10.9. The summed E-state index contributed by atoms with van der Waals surface area (Å²) in [6.07, 6.45) is 0. The summed E-state index contributed by atoms with van der Waals surface area (Å²) >= 11 is 0. The third kappa shape index (κ3) is 3.66. The molecular weight excluding hydrogens is 176 g/mol. The number of anilines is 2. The molecule has 1 rings (SSSR count). The van der Waals surface area contributed by atoms with Gasteiger partial charge in [0.15, 0.2) is 0 Å². The van der Waals surface area contributed by atoms with Gasteiger partial charge in [0, 0.05) is 24.0 Å². The Kier molecular flexibility index (Phi) is 4.26. The van der Waals surface area contributed by atoms with Crippen LogP contribution < -0.4 is 11.1 Å². The van der Waals surface area contributed by atoms with Gasteiger partial charge in [-0.1, -0.05) is 6.07 Å². The number of benzene rings is 1. The lowest BCUT2D eigenvalue weighted by molar-refractivity contribution is 0.141. The van der Waals surface area contributed by atoms with Crippen LogP contribution in [0.1, 0.15) is 13.8 Å². The van der Waals surface area contributed by atoms with Crippen molar-refractivity contribution in [2.45, 2.75) is 19.9 Å². The molecule has 0 radical (unpaired) electrons. The molecular formula is C11H18N2O. The minimum absolute atomic E-state index is 0.303. The zero-order chi connectivity index (χ0) is 10.4. The molecule has 1 unspecified atom stereocenters. The quantitative estimate of drug-likeness (QED) is 0.706. The summed E-state index contributed by atoms with van der Waals surface area (Å²) < 4.78 is 5.30. The first-order valence-corrected chi connectivity index (χ1v) is 4.92. The predicted molar refractivity (Wildman–Crippen MR) is 60.4 cm³/mol. The molecule has 0 saturated carbocycles. The van der Waals surface area contributed by atoms with E-state index in [9.17, 15) is 0 Å². The van der Waals surface area contributed by atoms with Crippen LogP contribution in [0, 0.1) is 0 Å². The third-order valence-corrected chi connectivity index (χ3v) is 1.87. The lowest BCUT2D eigenvalue weighted by Gasteiger charge is -2.15.